The Labute approximate surface area is 137 Å². The molecule has 0 saturated carbocycles. The molecule has 23 heavy (non-hydrogen) atoms. The molecule has 0 atom stereocenters. The van der Waals surface area contributed by atoms with Crippen LogP contribution in [0.4, 0.5) is 0 Å². The van der Waals surface area contributed by atoms with Crippen LogP contribution in [0.15, 0.2) is 24.3 Å². The topological polar surface area (TPSA) is 60.5 Å². The van der Waals surface area contributed by atoms with E-state index in [0.717, 1.165) is 28.6 Å². The number of hydrogen-bond acceptors (Lipinski definition) is 4. The summed E-state index contributed by atoms with van der Waals surface area (Å²) in [6, 6.07) is 7.96. The maximum Gasteiger partial charge on any atom is 0.253 e. The molecule has 2 rings (SSSR count). The summed E-state index contributed by atoms with van der Waals surface area (Å²) in [5, 5.41) is 3.91. The quantitative estimate of drug-likeness (QED) is 0.761. The highest BCUT2D eigenvalue weighted by atomic mass is 16.5. The van der Waals surface area contributed by atoms with Gasteiger partial charge in [0.05, 0.1) is 30.0 Å². The van der Waals surface area contributed by atoms with E-state index in [1.807, 2.05) is 38.1 Å². The Morgan fingerprint density at radius 1 is 1.17 bits per heavy atom. The van der Waals surface area contributed by atoms with Gasteiger partial charge in [-0.3, -0.25) is 9.78 Å². The molecule has 0 spiro atoms. The first-order valence-electron chi connectivity index (χ1n) is 7.84. The van der Waals surface area contributed by atoms with Gasteiger partial charge in [0.1, 0.15) is 0 Å². The van der Waals surface area contributed by atoms with Crippen LogP contribution in [0.25, 0.3) is 10.9 Å². The lowest BCUT2D eigenvalue weighted by molar-refractivity contribution is 0.0688. The first-order valence-corrected chi connectivity index (χ1v) is 7.84. The number of ether oxygens (including phenoxy) is 2. The van der Waals surface area contributed by atoms with Crippen molar-refractivity contribution in [3.8, 4) is 0 Å². The highest BCUT2D eigenvalue weighted by Gasteiger charge is 2.11. The van der Waals surface area contributed by atoms with Gasteiger partial charge in [-0.25, -0.2) is 0 Å². The highest BCUT2D eigenvalue weighted by Crippen LogP contribution is 2.18. The lowest BCUT2D eigenvalue weighted by Gasteiger charge is -2.09. The van der Waals surface area contributed by atoms with Crippen molar-refractivity contribution in [2.45, 2.75) is 20.3 Å². The van der Waals surface area contributed by atoms with Gasteiger partial charge < -0.3 is 14.8 Å². The van der Waals surface area contributed by atoms with Crippen molar-refractivity contribution in [1.82, 2.24) is 10.3 Å². The van der Waals surface area contributed by atoms with E-state index in [0.29, 0.717) is 31.9 Å². The summed E-state index contributed by atoms with van der Waals surface area (Å²) < 4.78 is 10.3. The molecule has 1 amide bonds. The Morgan fingerprint density at radius 3 is 2.78 bits per heavy atom. The van der Waals surface area contributed by atoms with Crippen LogP contribution in [0.5, 0.6) is 0 Å². The molecule has 0 aliphatic heterocycles. The molecular formula is C18H24N2O3. The SMILES string of the molecule is COCCOCCCNC(=O)c1cc2cc(C)ccc2nc1C. The maximum absolute atomic E-state index is 12.3. The van der Waals surface area contributed by atoms with Crippen LogP contribution in [0.3, 0.4) is 0 Å². The zero-order chi connectivity index (χ0) is 16.7. The lowest BCUT2D eigenvalue weighted by atomic mass is 10.1. The minimum atomic E-state index is -0.0877. The Morgan fingerprint density at radius 2 is 2.00 bits per heavy atom. The van der Waals surface area contributed by atoms with Gasteiger partial charge in [0.15, 0.2) is 0 Å². The predicted molar refractivity (Wildman–Crippen MR) is 90.9 cm³/mol. The summed E-state index contributed by atoms with van der Waals surface area (Å²) in [7, 11) is 1.64. The number of benzene rings is 1. The first kappa shape index (κ1) is 17.4. The zero-order valence-corrected chi connectivity index (χ0v) is 14.0. The second-order valence-corrected chi connectivity index (χ2v) is 5.53. The summed E-state index contributed by atoms with van der Waals surface area (Å²) in [5.74, 6) is -0.0877. The molecule has 0 aliphatic rings. The number of carbonyl (C=O) groups is 1. The molecule has 1 heterocycles. The van der Waals surface area contributed by atoms with Crippen LogP contribution in [-0.4, -0.2) is 44.4 Å². The Bertz CT molecular complexity index is 671. The van der Waals surface area contributed by atoms with E-state index in [9.17, 15) is 4.79 Å². The monoisotopic (exact) mass is 316 g/mol. The maximum atomic E-state index is 12.3. The molecule has 0 saturated heterocycles. The van der Waals surface area contributed by atoms with E-state index < -0.39 is 0 Å². The molecule has 0 fully saturated rings. The number of amides is 1. The standard InChI is InChI=1S/C18H24N2O3/c1-13-5-6-17-15(11-13)12-16(14(2)20-17)18(21)19-7-4-8-23-10-9-22-3/h5-6,11-12H,4,7-10H2,1-3H3,(H,19,21). The number of hydrogen-bond donors (Lipinski definition) is 1. The summed E-state index contributed by atoms with van der Waals surface area (Å²) in [6.07, 6.45) is 0.772. The van der Waals surface area contributed by atoms with Crippen LogP contribution >= 0.6 is 0 Å². The number of pyridine rings is 1. The molecule has 1 N–H and O–H groups in total. The summed E-state index contributed by atoms with van der Waals surface area (Å²) in [6.45, 7) is 6.25. The lowest BCUT2D eigenvalue weighted by Crippen LogP contribution is -2.26. The number of rotatable bonds is 8. The molecule has 2 aromatic rings. The number of nitrogens with zero attached hydrogens (tertiary/aromatic N) is 1. The van der Waals surface area contributed by atoms with Crippen molar-refractivity contribution >= 4 is 16.8 Å². The van der Waals surface area contributed by atoms with Gasteiger partial charge in [-0.1, -0.05) is 11.6 Å². The van der Waals surface area contributed by atoms with Gasteiger partial charge in [-0.15, -0.1) is 0 Å². The third-order valence-electron chi connectivity index (χ3n) is 3.59. The minimum Gasteiger partial charge on any atom is -0.382 e. The van der Waals surface area contributed by atoms with E-state index in [1.54, 1.807) is 7.11 Å². The average molecular weight is 316 g/mol. The van der Waals surface area contributed by atoms with Crippen molar-refractivity contribution in [2.24, 2.45) is 0 Å². The van der Waals surface area contributed by atoms with Gasteiger partial charge in [-0.2, -0.15) is 0 Å². The number of aryl methyl sites for hydroxylation is 2. The molecule has 0 radical (unpaired) electrons. The Kier molecular flexibility index (Phi) is 6.50. The smallest absolute Gasteiger partial charge is 0.253 e. The molecule has 0 aliphatic carbocycles. The van der Waals surface area contributed by atoms with E-state index in [2.05, 4.69) is 10.3 Å². The second-order valence-electron chi connectivity index (χ2n) is 5.53. The van der Waals surface area contributed by atoms with E-state index >= 15 is 0 Å². The average Bonchev–Trinajstić information content (AvgIpc) is 2.53. The highest BCUT2D eigenvalue weighted by molar-refractivity contribution is 5.98. The fourth-order valence-electron chi connectivity index (χ4n) is 2.34. The molecule has 1 aromatic heterocycles. The second kappa shape index (κ2) is 8.60. The Balaban J connectivity index is 1.91. The van der Waals surface area contributed by atoms with Crippen LogP contribution in [0, 0.1) is 13.8 Å². The fraction of sp³-hybridized carbons (Fsp3) is 0.444. The third-order valence-corrected chi connectivity index (χ3v) is 3.59. The predicted octanol–water partition coefficient (Wildman–Crippen LogP) is 2.63. The van der Waals surface area contributed by atoms with Gasteiger partial charge in [0, 0.05) is 25.6 Å². The van der Waals surface area contributed by atoms with Gasteiger partial charge >= 0.3 is 0 Å². The number of fused-ring (bicyclic) bond motifs is 1. The van der Waals surface area contributed by atoms with Crippen molar-refractivity contribution in [1.29, 1.82) is 0 Å². The molecule has 5 heteroatoms. The number of nitrogens with one attached hydrogen (secondary N) is 1. The van der Waals surface area contributed by atoms with Crippen molar-refractivity contribution in [2.75, 3.05) is 33.5 Å². The van der Waals surface area contributed by atoms with Gasteiger partial charge in [0.25, 0.3) is 5.91 Å². The van der Waals surface area contributed by atoms with Crippen molar-refractivity contribution in [3.05, 3.63) is 41.1 Å². The van der Waals surface area contributed by atoms with Crippen LogP contribution < -0.4 is 5.32 Å². The summed E-state index contributed by atoms with van der Waals surface area (Å²) >= 11 is 0. The normalized spacial score (nSPS) is 10.9. The third kappa shape index (κ3) is 5.01. The molecule has 0 unspecified atom stereocenters. The molecule has 1 aromatic carbocycles. The minimum absolute atomic E-state index is 0.0877. The fourth-order valence-corrected chi connectivity index (χ4v) is 2.34. The van der Waals surface area contributed by atoms with Crippen molar-refractivity contribution < 1.29 is 14.3 Å². The largest absolute Gasteiger partial charge is 0.382 e. The zero-order valence-electron chi connectivity index (χ0n) is 14.0. The van der Waals surface area contributed by atoms with E-state index in [4.69, 9.17) is 9.47 Å². The van der Waals surface area contributed by atoms with Crippen molar-refractivity contribution in [3.63, 3.8) is 0 Å². The number of carbonyl (C=O) groups excluding carboxylic acids is 1. The van der Waals surface area contributed by atoms with Gasteiger partial charge in [0.2, 0.25) is 0 Å². The Hall–Kier alpha value is -1.98. The van der Waals surface area contributed by atoms with Gasteiger partial charge in [-0.05, 0) is 38.5 Å². The summed E-state index contributed by atoms with van der Waals surface area (Å²) in [4.78, 5) is 16.8. The number of methoxy groups -OCH3 is 1. The first-order chi connectivity index (χ1) is 11.1. The summed E-state index contributed by atoms with van der Waals surface area (Å²) in [5.41, 5.74) is 3.44. The van der Waals surface area contributed by atoms with E-state index in [1.165, 1.54) is 0 Å². The number of aromatic nitrogens is 1. The molecule has 5 nitrogen and oxygen atoms in total. The van der Waals surface area contributed by atoms with Crippen LogP contribution in [0.2, 0.25) is 0 Å². The molecule has 0 bridgehead atoms. The van der Waals surface area contributed by atoms with Crippen LogP contribution in [0.1, 0.15) is 28.0 Å². The molecular weight excluding hydrogens is 292 g/mol. The van der Waals surface area contributed by atoms with Crippen LogP contribution in [-0.2, 0) is 9.47 Å². The van der Waals surface area contributed by atoms with E-state index in [-0.39, 0.29) is 5.91 Å². The molecule has 124 valence electrons.